The summed E-state index contributed by atoms with van der Waals surface area (Å²) < 4.78 is 0. The van der Waals surface area contributed by atoms with Gasteiger partial charge in [0, 0.05) is 18.6 Å². The van der Waals surface area contributed by atoms with E-state index in [1.165, 1.54) is 24.0 Å². The second kappa shape index (κ2) is 4.98. The van der Waals surface area contributed by atoms with E-state index in [9.17, 15) is 0 Å². The van der Waals surface area contributed by atoms with Crippen molar-refractivity contribution in [3.8, 4) is 0 Å². The van der Waals surface area contributed by atoms with Crippen molar-refractivity contribution < 1.29 is 0 Å². The highest BCUT2D eigenvalue weighted by atomic mass is 15.1. The number of rotatable bonds is 5. The van der Waals surface area contributed by atoms with Gasteiger partial charge in [-0.1, -0.05) is 29.8 Å². The van der Waals surface area contributed by atoms with E-state index in [0.717, 1.165) is 12.6 Å². The van der Waals surface area contributed by atoms with Gasteiger partial charge in [0.05, 0.1) is 0 Å². The van der Waals surface area contributed by atoms with Crippen molar-refractivity contribution in [3.63, 3.8) is 0 Å². The third kappa shape index (κ3) is 3.06. The lowest BCUT2D eigenvalue weighted by Crippen LogP contribution is -2.32. The Kier molecular flexibility index (Phi) is 3.62. The molecular weight excluding hydrogens is 196 g/mol. The van der Waals surface area contributed by atoms with Gasteiger partial charge in [0.25, 0.3) is 0 Å². The van der Waals surface area contributed by atoms with Crippen molar-refractivity contribution in [2.45, 2.75) is 31.8 Å². The van der Waals surface area contributed by atoms with Crippen LogP contribution < -0.4 is 5.32 Å². The second-order valence-corrected chi connectivity index (χ2v) is 5.08. The van der Waals surface area contributed by atoms with Gasteiger partial charge in [0.2, 0.25) is 0 Å². The first-order chi connectivity index (χ1) is 7.66. The van der Waals surface area contributed by atoms with Gasteiger partial charge >= 0.3 is 0 Å². The lowest BCUT2D eigenvalue weighted by molar-refractivity contribution is 0.288. The van der Waals surface area contributed by atoms with E-state index in [1.807, 2.05) is 0 Å². The zero-order chi connectivity index (χ0) is 11.5. The van der Waals surface area contributed by atoms with Crippen molar-refractivity contribution in [3.05, 3.63) is 35.4 Å². The molecule has 0 radical (unpaired) electrons. The maximum absolute atomic E-state index is 3.61. The first kappa shape index (κ1) is 11.6. The summed E-state index contributed by atoms with van der Waals surface area (Å²) in [7, 11) is 4.31. The number of hydrogen-bond donors (Lipinski definition) is 1. The fraction of sp³-hybridized carbons (Fsp3) is 0.571. The molecule has 88 valence electrons. The predicted octanol–water partition coefficient (Wildman–Crippen LogP) is 2.35. The molecule has 1 aliphatic rings. The summed E-state index contributed by atoms with van der Waals surface area (Å²) in [4.78, 5) is 2.30. The summed E-state index contributed by atoms with van der Waals surface area (Å²) in [6.07, 6.45) is 2.71. The number of hydrogen-bond acceptors (Lipinski definition) is 2. The molecule has 1 fully saturated rings. The first-order valence-electron chi connectivity index (χ1n) is 6.13. The molecule has 1 N–H and O–H groups in total. The van der Waals surface area contributed by atoms with Crippen LogP contribution in [0.15, 0.2) is 24.3 Å². The largest absolute Gasteiger partial charge is 0.312 e. The Labute approximate surface area is 98.7 Å². The summed E-state index contributed by atoms with van der Waals surface area (Å²) in [5.74, 6) is 0. The number of likely N-dealkylation sites (N-methyl/N-ethyl adjacent to an activating group) is 1. The molecular formula is C14H22N2. The molecule has 0 bridgehead atoms. The fourth-order valence-corrected chi connectivity index (χ4v) is 2.04. The highest BCUT2D eigenvalue weighted by Crippen LogP contribution is 2.22. The van der Waals surface area contributed by atoms with Crippen molar-refractivity contribution in [1.29, 1.82) is 0 Å². The Bertz CT molecular complexity index is 342. The molecule has 0 spiro atoms. The topological polar surface area (TPSA) is 15.3 Å². The molecule has 2 rings (SSSR count). The van der Waals surface area contributed by atoms with Gasteiger partial charge in [0.15, 0.2) is 0 Å². The van der Waals surface area contributed by atoms with E-state index >= 15 is 0 Å². The maximum Gasteiger partial charge on any atom is 0.0467 e. The number of benzene rings is 1. The van der Waals surface area contributed by atoms with E-state index in [1.54, 1.807) is 0 Å². The summed E-state index contributed by atoms with van der Waals surface area (Å²) in [5, 5.41) is 3.61. The lowest BCUT2D eigenvalue weighted by atomic mass is 10.0. The van der Waals surface area contributed by atoms with E-state index in [2.05, 4.69) is 55.5 Å². The highest BCUT2D eigenvalue weighted by Gasteiger charge is 2.23. The third-order valence-corrected chi connectivity index (χ3v) is 3.23. The quantitative estimate of drug-likeness (QED) is 0.816. The zero-order valence-electron chi connectivity index (χ0n) is 10.5. The summed E-state index contributed by atoms with van der Waals surface area (Å²) >= 11 is 0. The molecule has 16 heavy (non-hydrogen) atoms. The Morgan fingerprint density at radius 2 is 2.12 bits per heavy atom. The predicted molar refractivity (Wildman–Crippen MR) is 68.6 cm³/mol. The number of aryl methyl sites for hydroxylation is 1. The molecule has 1 aromatic rings. The van der Waals surface area contributed by atoms with Crippen molar-refractivity contribution in [1.82, 2.24) is 10.2 Å². The van der Waals surface area contributed by atoms with Crippen molar-refractivity contribution in [2.75, 3.05) is 20.6 Å². The second-order valence-electron chi connectivity index (χ2n) is 5.08. The highest BCUT2D eigenvalue weighted by molar-refractivity contribution is 5.25. The Morgan fingerprint density at radius 1 is 1.38 bits per heavy atom. The van der Waals surface area contributed by atoms with E-state index < -0.39 is 0 Å². The van der Waals surface area contributed by atoms with Crippen LogP contribution in [0.2, 0.25) is 0 Å². The van der Waals surface area contributed by atoms with Gasteiger partial charge in [-0.25, -0.2) is 0 Å². The summed E-state index contributed by atoms with van der Waals surface area (Å²) in [5.41, 5.74) is 2.76. The van der Waals surface area contributed by atoms with Crippen LogP contribution in [-0.4, -0.2) is 31.6 Å². The molecule has 1 unspecified atom stereocenters. The van der Waals surface area contributed by atoms with Gasteiger partial charge < -0.3 is 10.2 Å². The minimum absolute atomic E-state index is 0.487. The van der Waals surface area contributed by atoms with Gasteiger partial charge in [-0.05, 0) is 39.4 Å². The molecule has 1 saturated carbocycles. The van der Waals surface area contributed by atoms with Gasteiger partial charge in [-0.2, -0.15) is 0 Å². The Morgan fingerprint density at radius 3 is 2.69 bits per heavy atom. The maximum atomic E-state index is 3.61. The van der Waals surface area contributed by atoms with Crippen LogP contribution in [0.25, 0.3) is 0 Å². The average molecular weight is 218 g/mol. The number of nitrogens with zero attached hydrogens (tertiary/aromatic N) is 1. The van der Waals surface area contributed by atoms with E-state index in [0.29, 0.717) is 6.04 Å². The summed E-state index contributed by atoms with van der Waals surface area (Å²) in [6, 6.07) is 10.1. The molecule has 1 aromatic carbocycles. The minimum atomic E-state index is 0.487. The standard InChI is InChI=1S/C14H22N2/c1-11-5-4-6-12(9-11)14(16(2)3)10-15-13-7-8-13/h4-6,9,13-15H,7-8,10H2,1-3H3. The molecule has 0 aliphatic heterocycles. The first-order valence-corrected chi connectivity index (χ1v) is 6.13. The SMILES string of the molecule is Cc1cccc(C(CNC2CC2)N(C)C)c1. The van der Waals surface area contributed by atoms with Crippen LogP contribution >= 0.6 is 0 Å². The zero-order valence-corrected chi connectivity index (χ0v) is 10.5. The Hall–Kier alpha value is -0.860. The Balaban J connectivity index is 2.04. The molecule has 0 amide bonds. The van der Waals surface area contributed by atoms with Crippen LogP contribution in [-0.2, 0) is 0 Å². The van der Waals surface area contributed by atoms with E-state index in [4.69, 9.17) is 0 Å². The number of nitrogens with one attached hydrogen (secondary N) is 1. The smallest absolute Gasteiger partial charge is 0.0467 e. The monoisotopic (exact) mass is 218 g/mol. The van der Waals surface area contributed by atoms with Crippen LogP contribution in [0.4, 0.5) is 0 Å². The van der Waals surface area contributed by atoms with Crippen molar-refractivity contribution in [2.24, 2.45) is 0 Å². The van der Waals surface area contributed by atoms with Crippen LogP contribution in [0.3, 0.4) is 0 Å². The molecule has 0 saturated heterocycles. The molecule has 1 aliphatic carbocycles. The van der Waals surface area contributed by atoms with Crippen molar-refractivity contribution >= 4 is 0 Å². The van der Waals surface area contributed by atoms with Gasteiger partial charge in [0.1, 0.15) is 0 Å². The average Bonchev–Trinajstić information content (AvgIpc) is 3.01. The molecule has 0 heterocycles. The normalized spacial score (nSPS) is 17.8. The molecule has 2 nitrogen and oxygen atoms in total. The van der Waals surface area contributed by atoms with Gasteiger partial charge in [-0.3, -0.25) is 0 Å². The molecule has 2 heteroatoms. The lowest BCUT2D eigenvalue weighted by Gasteiger charge is -2.25. The summed E-state index contributed by atoms with van der Waals surface area (Å²) in [6.45, 7) is 3.21. The van der Waals surface area contributed by atoms with Crippen LogP contribution in [0, 0.1) is 6.92 Å². The molecule has 1 atom stereocenters. The van der Waals surface area contributed by atoms with Crippen LogP contribution in [0.5, 0.6) is 0 Å². The third-order valence-electron chi connectivity index (χ3n) is 3.23. The minimum Gasteiger partial charge on any atom is -0.312 e. The van der Waals surface area contributed by atoms with Gasteiger partial charge in [-0.15, -0.1) is 0 Å². The van der Waals surface area contributed by atoms with E-state index in [-0.39, 0.29) is 0 Å². The molecule has 0 aromatic heterocycles. The fourth-order valence-electron chi connectivity index (χ4n) is 2.04. The van der Waals surface area contributed by atoms with Crippen LogP contribution in [0.1, 0.15) is 30.0 Å².